The summed E-state index contributed by atoms with van der Waals surface area (Å²) in [5, 5.41) is 2.68. The van der Waals surface area contributed by atoms with Crippen LogP contribution in [0, 0.1) is 0 Å². The standard InChI is InChI=1S/C20H22N2O4/c1-2-13-26-17-9-5-14(6-10-17)18(23)11-12-19(24)22-16-7-3-15(4-8-16)20(21)25/h3-10H,2,11-13H2,1H3,(H2,21,25)(H,22,24). The van der Waals surface area contributed by atoms with Crippen molar-refractivity contribution in [1.82, 2.24) is 0 Å². The van der Waals surface area contributed by atoms with Gasteiger partial charge in [0.1, 0.15) is 5.75 Å². The van der Waals surface area contributed by atoms with Crippen molar-refractivity contribution in [3.05, 3.63) is 59.7 Å². The van der Waals surface area contributed by atoms with E-state index in [4.69, 9.17) is 10.5 Å². The molecule has 2 amide bonds. The number of nitrogens with one attached hydrogen (secondary N) is 1. The molecule has 0 aliphatic heterocycles. The minimum atomic E-state index is -0.528. The van der Waals surface area contributed by atoms with Gasteiger partial charge in [0.05, 0.1) is 6.61 Å². The van der Waals surface area contributed by atoms with Crippen molar-refractivity contribution in [1.29, 1.82) is 0 Å². The highest BCUT2D eigenvalue weighted by Crippen LogP contribution is 2.15. The van der Waals surface area contributed by atoms with Crippen molar-refractivity contribution < 1.29 is 19.1 Å². The van der Waals surface area contributed by atoms with Crippen LogP contribution in [0.15, 0.2) is 48.5 Å². The highest BCUT2D eigenvalue weighted by atomic mass is 16.5. The fourth-order valence-corrected chi connectivity index (χ4v) is 2.27. The molecule has 26 heavy (non-hydrogen) atoms. The monoisotopic (exact) mass is 354 g/mol. The third kappa shape index (κ3) is 5.73. The van der Waals surface area contributed by atoms with E-state index in [1.54, 1.807) is 36.4 Å². The number of amides is 2. The number of rotatable bonds is 9. The molecular weight excluding hydrogens is 332 g/mol. The van der Waals surface area contributed by atoms with Crippen LogP contribution in [0.1, 0.15) is 46.9 Å². The van der Waals surface area contributed by atoms with Crippen molar-refractivity contribution >= 4 is 23.3 Å². The smallest absolute Gasteiger partial charge is 0.248 e. The summed E-state index contributed by atoms with van der Waals surface area (Å²) in [4.78, 5) is 35.1. The summed E-state index contributed by atoms with van der Waals surface area (Å²) < 4.78 is 5.47. The zero-order valence-electron chi connectivity index (χ0n) is 14.7. The Labute approximate surface area is 152 Å². The second-order valence-corrected chi connectivity index (χ2v) is 5.79. The molecule has 2 aromatic carbocycles. The van der Waals surface area contributed by atoms with E-state index in [2.05, 4.69) is 5.32 Å². The maximum absolute atomic E-state index is 12.2. The molecule has 136 valence electrons. The predicted molar refractivity (Wildman–Crippen MR) is 99.4 cm³/mol. The number of nitrogens with two attached hydrogens (primary N) is 1. The predicted octanol–water partition coefficient (Wildman–Crippen LogP) is 3.18. The van der Waals surface area contributed by atoms with E-state index < -0.39 is 5.91 Å². The van der Waals surface area contributed by atoms with Crippen LogP contribution in [-0.4, -0.2) is 24.2 Å². The first kappa shape index (κ1) is 19.2. The van der Waals surface area contributed by atoms with Crippen molar-refractivity contribution in [2.45, 2.75) is 26.2 Å². The number of anilines is 1. The lowest BCUT2D eigenvalue weighted by atomic mass is 10.1. The lowest BCUT2D eigenvalue weighted by molar-refractivity contribution is -0.116. The van der Waals surface area contributed by atoms with Crippen molar-refractivity contribution in [2.75, 3.05) is 11.9 Å². The largest absolute Gasteiger partial charge is 0.494 e. The molecule has 2 aromatic rings. The summed E-state index contributed by atoms with van der Waals surface area (Å²) in [6.07, 6.45) is 1.10. The van der Waals surface area contributed by atoms with Gasteiger partial charge in [-0.15, -0.1) is 0 Å². The highest BCUT2D eigenvalue weighted by molar-refractivity contribution is 6.00. The Morgan fingerprint density at radius 3 is 2.12 bits per heavy atom. The molecule has 3 N–H and O–H groups in total. The topological polar surface area (TPSA) is 98.5 Å². The average molecular weight is 354 g/mol. The summed E-state index contributed by atoms with van der Waals surface area (Å²) in [5.74, 6) is -0.181. The molecule has 0 saturated heterocycles. The number of benzene rings is 2. The van der Waals surface area contributed by atoms with Crippen molar-refractivity contribution in [3.8, 4) is 5.75 Å². The molecule has 6 heteroatoms. The van der Waals surface area contributed by atoms with Crippen LogP contribution in [0.3, 0.4) is 0 Å². The fraction of sp³-hybridized carbons (Fsp3) is 0.250. The summed E-state index contributed by atoms with van der Waals surface area (Å²) in [7, 11) is 0. The SMILES string of the molecule is CCCOc1ccc(C(=O)CCC(=O)Nc2ccc(C(N)=O)cc2)cc1. The van der Waals surface area contributed by atoms with Crippen LogP contribution >= 0.6 is 0 Å². The maximum atomic E-state index is 12.2. The van der Waals surface area contributed by atoms with Gasteiger partial charge < -0.3 is 15.8 Å². The van der Waals surface area contributed by atoms with Gasteiger partial charge in [-0.2, -0.15) is 0 Å². The molecule has 6 nitrogen and oxygen atoms in total. The van der Waals surface area contributed by atoms with Gasteiger partial charge in [-0.1, -0.05) is 6.92 Å². The number of ketones is 1. The molecule has 0 aliphatic rings. The molecule has 0 saturated carbocycles. The molecule has 0 aromatic heterocycles. The van der Waals surface area contributed by atoms with E-state index in [0.29, 0.717) is 23.4 Å². The van der Waals surface area contributed by atoms with Crippen LogP contribution in [0.4, 0.5) is 5.69 Å². The first-order valence-electron chi connectivity index (χ1n) is 8.45. The molecule has 0 atom stereocenters. The van der Waals surface area contributed by atoms with Gasteiger partial charge in [-0.3, -0.25) is 14.4 Å². The van der Waals surface area contributed by atoms with Gasteiger partial charge in [0, 0.05) is 29.7 Å². The summed E-state index contributed by atoms with van der Waals surface area (Å²) in [5.41, 5.74) is 6.62. The Kier molecular flexibility index (Phi) is 6.91. The highest BCUT2D eigenvalue weighted by Gasteiger charge is 2.10. The zero-order valence-corrected chi connectivity index (χ0v) is 14.7. The lowest BCUT2D eigenvalue weighted by Crippen LogP contribution is -2.14. The summed E-state index contributed by atoms with van der Waals surface area (Å²) >= 11 is 0. The Hall–Kier alpha value is -3.15. The van der Waals surface area contributed by atoms with Crippen LogP contribution in [0.25, 0.3) is 0 Å². The number of hydrogen-bond acceptors (Lipinski definition) is 4. The van der Waals surface area contributed by atoms with Crippen LogP contribution < -0.4 is 15.8 Å². The molecular formula is C20H22N2O4. The third-order valence-electron chi connectivity index (χ3n) is 3.68. The van der Waals surface area contributed by atoms with E-state index in [9.17, 15) is 14.4 Å². The normalized spacial score (nSPS) is 10.2. The van der Waals surface area contributed by atoms with Gasteiger partial charge in [-0.25, -0.2) is 0 Å². The van der Waals surface area contributed by atoms with E-state index >= 15 is 0 Å². The minimum Gasteiger partial charge on any atom is -0.494 e. The van der Waals surface area contributed by atoms with E-state index in [1.807, 2.05) is 6.92 Å². The first-order chi connectivity index (χ1) is 12.5. The van der Waals surface area contributed by atoms with Crippen LogP contribution in [0.5, 0.6) is 5.75 Å². The second kappa shape index (κ2) is 9.36. The molecule has 0 spiro atoms. The maximum Gasteiger partial charge on any atom is 0.248 e. The number of carbonyl (C=O) groups is 3. The fourth-order valence-electron chi connectivity index (χ4n) is 2.27. The molecule has 0 bridgehead atoms. The molecule has 0 radical (unpaired) electrons. The Bertz CT molecular complexity index is 767. The Morgan fingerprint density at radius 1 is 0.923 bits per heavy atom. The van der Waals surface area contributed by atoms with E-state index in [1.165, 1.54) is 12.1 Å². The minimum absolute atomic E-state index is 0.0739. The Morgan fingerprint density at radius 2 is 1.54 bits per heavy atom. The number of Topliss-reactive ketones (excluding diaryl/α,β-unsaturated/α-hetero) is 1. The van der Waals surface area contributed by atoms with Crippen molar-refractivity contribution in [2.24, 2.45) is 5.73 Å². The molecule has 0 unspecified atom stereocenters. The second-order valence-electron chi connectivity index (χ2n) is 5.79. The molecule has 2 rings (SSSR count). The number of primary amides is 1. The number of ether oxygens (including phenoxy) is 1. The molecule has 0 fully saturated rings. The molecule has 0 heterocycles. The zero-order chi connectivity index (χ0) is 18.9. The quantitative estimate of drug-likeness (QED) is 0.676. The van der Waals surface area contributed by atoms with Crippen LogP contribution in [0.2, 0.25) is 0 Å². The average Bonchev–Trinajstić information content (AvgIpc) is 2.65. The van der Waals surface area contributed by atoms with E-state index in [0.717, 1.165) is 12.2 Å². The van der Waals surface area contributed by atoms with Gasteiger partial charge in [-0.05, 0) is 55.0 Å². The van der Waals surface area contributed by atoms with Gasteiger partial charge in [0.15, 0.2) is 5.78 Å². The van der Waals surface area contributed by atoms with Crippen LogP contribution in [-0.2, 0) is 4.79 Å². The first-order valence-corrected chi connectivity index (χ1v) is 8.45. The lowest BCUT2D eigenvalue weighted by Gasteiger charge is -2.07. The third-order valence-corrected chi connectivity index (χ3v) is 3.68. The van der Waals surface area contributed by atoms with Gasteiger partial charge in [0.25, 0.3) is 0 Å². The van der Waals surface area contributed by atoms with E-state index in [-0.39, 0.29) is 24.5 Å². The number of carbonyl (C=O) groups excluding carboxylic acids is 3. The van der Waals surface area contributed by atoms with Gasteiger partial charge in [0.2, 0.25) is 11.8 Å². The Balaban J connectivity index is 1.82. The van der Waals surface area contributed by atoms with Gasteiger partial charge >= 0.3 is 0 Å². The number of hydrogen-bond donors (Lipinski definition) is 2. The van der Waals surface area contributed by atoms with Crippen molar-refractivity contribution in [3.63, 3.8) is 0 Å². The summed E-state index contributed by atoms with van der Waals surface area (Å²) in [6.45, 7) is 2.66. The molecule has 0 aliphatic carbocycles. The summed E-state index contributed by atoms with van der Waals surface area (Å²) in [6, 6.07) is 13.2.